The molecule has 67 heavy (non-hydrogen) atoms. The van der Waals surface area contributed by atoms with Crippen LogP contribution in [-0.4, -0.2) is 0 Å². The quantitative estimate of drug-likeness (QED) is 0.151. The van der Waals surface area contributed by atoms with Crippen molar-refractivity contribution in [1.29, 1.82) is 0 Å². The molecule has 1 aliphatic carbocycles. The number of furan rings is 1. The third-order valence-electron chi connectivity index (χ3n) is 14.0. The fraction of sp³-hybridized carbons (Fsp3) is 0.0154. The van der Waals surface area contributed by atoms with Crippen molar-refractivity contribution in [3.05, 3.63) is 283 Å². The number of hydrogen-bond donors (Lipinski definition) is 0. The first-order valence-corrected chi connectivity index (χ1v) is 23.1. The summed E-state index contributed by atoms with van der Waals surface area (Å²) in [5, 5.41) is 4.73. The first-order chi connectivity index (χ1) is 33.2. The average molecular weight is 854 g/mol. The van der Waals surface area contributed by atoms with E-state index in [2.05, 4.69) is 260 Å². The van der Waals surface area contributed by atoms with Crippen molar-refractivity contribution in [1.82, 2.24) is 0 Å². The van der Waals surface area contributed by atoms with Gasteiger partial charge in [0.1, 0.15) is 11.2 Å². The number of rotatable bonds is 8. The molecule has 0 amide bonds. The molecule has 0 saturated carbocycles. The molecule has 2 nitrogen and oxygen atoms in total. The molecule has 1 heterocycles. The third-order valence-corrected chi connectivity index (χ3v) is 14.0. The van der Waals surface area contributed by atoms with Gasteiger partial charge in [-0.1, -0.05) is 218 Å². The van der Waals surface area contributed by atoms with Crippen molar-refractivity contribution in [3.8, 4) is 44.5 Å². The first-order valence-electron chi connectivity index (χ1n) is 23.1. The SMILES string of the molecule is c1ccc(C2(c3ccccc3)c3ccccc3-c3ccc(N(c4ccc(-c5ccc(-c6ccc7ccccc7c6)cc5)cc4)c4ccccc4-c4cccc5c4oc4ccccc45)cc32)cc1. The molecule has 1 aromatic heterocycles. The predicted octanol–water partition coefficient (Wildman–Crippen LogP) is 17.6. The van der Waals surface area contributed by atoms with E-state index in [0.29, 0.717) is 0 Å². The molecule has 0 N–H and O–H groups in total. The lowest BCUT2D eigenvalue weighted by Gasteiger charge is -2.35. The number of hydrogen-bond acceptors (Lipinski definition) is 2. The van der Waals surface area contributed by atoms with E-state index < -0.39 is 5.41 Å². The second-order valence-corrected chi connectivity index (χ2v) is 17.6. The van der Waals surface area contributed by atoms with Crippen LogP contribution in [0.25, 0.3) is 77.2 Å². The number of para-hydroxylation sites is 3. The van der Waals surface area contributed by atoms with Gasteiger partial charge in [0, 0.05) is 33.3 Å². The standard InChI is InChI=1S/C65H43NO/c1-3-18-50(19-4-1)65(51-20-5-2-6-21-51)60-27-12-9-22-54(60)55-41-40-53(43-61(55)65)66(62-28-13-10-23-56(62)58-25-15-26-59-57-24-11-14-29-63(57)67-64(58)59)52-38-36-46(37-39-52)45-30-32-47(33-31-45)49-35-34-44-16-7-8-17-48(44)42-49/h1-43H. The van der Waals surface area contributed by atoms with E-state index in [1.807, 2.05) is 6.07 Å². The highest BCUT2D eigenvalue weighted by atomic mass is 16.3. The van der Waals surface area contributed by atoms with E-state index in [9.17, 15) is 0 Å². The second kappa shape index (κ2) is 15.8. The summed E-state index contributed by atoms with van der Waals surface area (Å²) < 4.78 is 6.71. The Kier molecular flexibility index (Phi) is 9.11. The van der Waals surface area contributed by atoms with E-state index in [0.717, 1.165) is 55.7 Å². The van der Waals surface area contributed by atoms with Crippen LogP contribution in [0.2, 0.25) is 0 Å². The van der Waals surface area contributed by atoms with E-state index in [1.54, 1.807) is 0 Å². The monoisotopic (exact) mass is 853 g/mol. The zero-order chi connectivity index (χ0) is 44.3. The highest BCUT2D eigenvalue weighted by molar-refractivity contribution is 6.11. The van der Waals surface area contributed by atoms with Gasteiger partial charge in [-0.15, -0.1) is 0 Å². The van der Waals surface area contributed by atoms with Crippen LogP contribution in [-0.2, 0) is 5.41 Å². The highest BCUT2D eigenvalue weighted by Gasteiger charge is 2.46. The summed E-state index contributed by atoms with van der Waals surface area (Å²) in [6, 6.07) is 95.0. The topological polar surface area (TPSA) is 16.4 Å². The summed E-state index contributed by atoms with van der Waals surface area (Å²) in [4.78, 5) is 2.44. The Morgan fingerprint density at radius 2 is 0.851 bits per heavy atom. The lowest BCUT2D eigenvalue weighted by atomic mass is 9.67. The van der Waals surface area contributed by atoms with Crippen LogP contribution in [0.15, 0.2) is 265 Å². The molecule has 0 spiro atoms. The molecule has 1 aliphatic rings. The Labute approximate surface area is 390 Å². The Morgan fingerprint density at radius 3 is 1.61 bits per heavy atom. The van der Waals surface area contributed by atoms with Crippen LogP contribution >= 0.6 is 0 Å². The fourth-order valence-electron chi connectivity index (χ4n) is 10.9. The summed E-state index contributed by atoms with van der Waals surface area (Å²) in [6.45, 7) is 0. The maximum atomic E-state index is 6.71. The van der Waals surface area contributed by atoms with Crippen LogP contribution in [0.4, 0.5) is 17.1 Å². The molecule has 2 heteroatoms. The van der Waals surface area contributed by atoms with Gasteiger partial charge in [-0.3, -0.25) is 0 Å². The van der Waals surface area contributed by atoms with Crippen molar-refractivity contribution in [2.45, 2.75) is 5.41 Å². The van der Waals surface area contributed by atoms with Gasteiger partial charge in [-0.2, -0.15) is 0 Å². The van der Waals surface area contributed by atoms with Gasteiger partial charge in [0.15, 0.2) is 0 Å². The summed E-state index contributed by atoms with van der Waals surface area (Å²) >= 11 is 0. The highest BCUT2D eigenvalue weighted by Crippen LogP contribution is 2.57. The Hall–Kier alpha value is -8.72. The molecule has 0 atom stereocenters. The van der Waals surface area contributed by atoms with Gasteiger partial charge >= 0.3 is 0 Å². The van der Waals surface area contributed by atoms with E-state index in [-0.39, 0.29) is 0 Å². The summed E-state index contributed by atoms with van der Waals surface area (Å²) in [6.07, 6.45) is 0. The number of anilines is 3. The maximum absolute atomic E-state index is 6.71. The lowest BCUT2D eigenvalue weighted by molar-refractivity contribution is 0.670. The Bertz CT molecular complexity index is 3750. The van der Waals surface area contributed by atoms with E-state index in [4.69, 9.17) is 4.42 Å². The smallest absolute Gasteiger partial charge is 0.143 e. The van der Waals surface area contributed by atoms with Crippen LogP contribution in [0.1, 0.15) is 22.3 Å². The van der Waals surface area contributed by atoms with Crippen molar-refractivity contribution in [3.63, 3.8) is 0 Å². The lowest BCUT2D eigenvalue weighted by Crippen LogP contribution is -2.28. The van der Waals surface area contributed by atoms with Crippen molar-refractivity contribution < 1.29 is 4.42 Å². The molecule has 0 unspecified atom stereocenters. The second-order valence-electron chi connectivity index (χ2n) is 17.6. The molecular formula is C65H43NO. The predicted molar refractivity (Wildman–Crippen MR) is 280 cm³/mol. The normalized spacial score (nSPS) is 12.6. The molecule has 12 aromatic rings. The summed E-state index contributed by atoms with van der Waals surface area (Å²) in [5.41, 5.74) is 18.8. The molecule has 0 saturated heterocycles. The minimum Gasteiger partial charge on any atom is -0.455 e. The minimum atomic E-state index is -0.543. The minimum absolute atomic E-state index is 0.543. The molecule has 314 valence electrons. The summed E-state index contributed by atoms with van der Waals surface area (Å²) in [7, 11) is 0. The van der Waals surface area contributed by atoms with Gasteiger partial charge < -0.3 is 9.32 Å². The van der Waals surface area contributed by atoms with E-state index in [1.165, 1.54) is 60.8 Å². The molecule has 11 aromatic carbocycles. The van der Waals surface area contributed by atoms with Crippen LogP contribution < -0.4 is 4.90 Å². The average Bonchev–Trinajstić information content (AvgIpc) is 3.93. The third kappa shape index (κ3) is 6.26. The fourth-order valence-corrected chi connectivity index (χ4v) is 10.9. The van der Waals surface area contributed by atoms with Crippen molar-refractivity contribution >= 4 is 49.8 Å². The largest absolute Gasteiger partial charge is 0.455 e. The van der Waals surface area contributed by atoms with Gasteiger partial charge in [-0.05, 0) is 109 Å². The van der Waals surface area contributed by atoms with E-state index >= 15 is 0 Å². The molecule has 13 rings (SSSR count). The summed E-state index contributed by atoms with van der Waals surface area (Å²) in [5.74, 6) is 0. The van der Waals surface area contributed by atoms with Crippen LogP contribution in [0.5, 0.6) is 0 Å². The zero-order valence-corrected chi connectivity index (χ0v) is 36.7. The van der Waals surface area contributed by atoms with Crippen molar-refractivity contribution in [2.24, 2.45) is 0 Å². The molecular weight excluding hydrogens is 811 g/mol. The van der Waals surface area contributed by atoms with Gasteiger partial charge in [-0.25, -0.2) is 0 Å². The number of nitrogens with zero attached hydrogens (tertiary/aromatic N) is 1. The molecule has 0 bridgehead atoms. The van der Waals surface area contributed by atoms with Gasteiger partial charge in [0.25, 0.3) is 0 Å². The molecule has 0 radical (unpaired) electrons. The van der Waals surface area contributed by atoms with Gasteiger partial charge in [0.05, 0.1) is 11.1 Å². The maximum Gasteiger partial charge on any atom is 0.143 e. The van der Waals surface area contributed by atoms with Gasteiger partial charge in [0.2, 0.25) is 0 Å². The van der Waals surface area contributed by atoms with Crippen LogP contribution in [0.3, 0.4) is 0 Å². The number of fused-ring (bicyclic) bond motifs is 7. The van der Waals surface area contributed by atoms with Crippen LogP contribution in [0, 0.1) is 0 Å². The Morgan fingerprint density at radius 1 is 0.313 bits per heavy atom. The first kappa shape index (κ1) is 38.7. The molecule has 0 aliphatic heterocycles. The molecule has 0 fully saturated rings. The zero-order valence-electron chi connectivity index (χ0n) is 36.7. The van der Waals surface area contributed by atoms with Crippen molar-refractivity contribution in [2.75, 3.05) is 4.90 Å². The number of benzene rings is 11. The Balaban J connectivity index is 0.991.